The van der Waals surface area contributed by atoms with Gasteiger partial charge < -0.3 is 24.8 Å². The molecular weight excluding hydrogens is 727 g/mol. The monoisotopic (exact) mass is 777 g/mol. The first-order valence-corrected chi connectivity index (χ1v) is 17.4. The molecule has 4 aromatic carbocycles. The maximum absolute atomic E-state index is 3.96. The van der Waals surface area contributed by atoms with Crippen LogP contribution < -0.4 is 35.3 Å². The van der Waals surface area contributed by atoms with E-state index in [1.54, 1.807) is 0 Å². The number of hydrogen-bond donors (Lipinski definition) is 0. The summed E-state index contributed by atoms with van der Waals surface area (Å²) in [6, 6.07) is 28.3. The Morgan fingerprint density at radius 2 is 1.04 bits per heavy atom. The van der Waals surface area contributed by atoms with Gasteiger partial charge in [0.15, 0.2) is 0 Å². The zero-order chi connectivity index (χ0) is 34.1. The van der Waals surface area contributed by atoms with E-state index in [4.69, 9.17) is 0 Å². The summed E-state index contributed by atoms with van der Waals surface area (Å²) in [7, 11) is 0. The van der Waals surface area contributed by atoms with E-state index >= 15 is 0 Å². The third kappa shape index (κ3) is 8.12. The van der Waals surface area contributed by atoms with E-state index in [0.717, 1.165) is 6.42 Å². The van der Waals surface area contributed by atoms with Crippen LogP contribution in [0.25, 0.3) is 28.3 Å². The number of fused-ring (bicyclic) bond motifs is 3. The normalized spacial score (nSPS) is 13.6. The van der Waals surface area contributed by atoms with Gasteiger partial charge >= 0.3 is 26.2 Å². The quantitative estimate of drug-likeness (QED) is 0.223. The number of hydrogen-bond acceptors (Lipinski definition) is 0. The van der Waals surface area contributed by atoms with Crippen molar-refractivity contribution in [3.05, 3.63) is 146 Å². The van der Waals surface area contributed by atoms with Crippen LogP contribution in [-0.4, -0.2) is 0 Å². The van der Waals surface area contributed by atoms with E-state index in [1.807, 2.05) is 0 Å². The Labute approximate surface area is 334 Å². The molecule has 0 fully saturated rings. The molecule has 0 N–H and O–H groups in total. The van der Waals surface area contributed by atoms with Crippen LogP contribution in [0, 0.1) is 0 Å². The summed E-state index contributed by atoms with van der Waals surface area (Å²) in [5.74, 6) is 0. The molecule has 2 aliphatic carbocycles. The third-order valence-electron chi connectivity index (χ3n) is 9.95. The molecule has 1 radical (unpaired) electrons. The summed E-state index contributed by atoms with van der Waals surface area (Å²) in [4.78, 5) is 0. The molecule has 6 rings (SSSR count). The minimum absolute atomic E-state index is 0. The summed E-state index contributed by atoms with van der Waals surface area (Å²) in [6.07, 6.45) is 11.8. The Balaban J connectivity index is 0.00000225. The van der Waals surface area contributed by atoms with E-state index in [1.165, 1.54) is 77.2 Å². The van der Waals surface area contributed by atoms with Gasteiger partial charge in [-0.05, 0) is 61.1 Å². The molecule has 0 unspecified atom stereocenters. The molecule has 259 valence electrons. The standard InChI is InChI=1S/C47H53.2ClH.Zr/c1-44(2,3)34-21-17-31(18-22-34)41(32-19-23-35(24-20-32)45(4,5)6)40-29-38-37-26-25-36(46(7,8)9)27-33(37)28-39(38)42(30-15-13-14-16-30)43(40)47(10,11)12;;;/h13-15,17-27,29H,16H2,1-12H3;2*1H;/q-1;;;+3/p-2. The van der Waals surface area contributed by atoms with Crippen LogP contribution in [-0.2, 0) is 47.9 Å². The second-order valence-electron chi connectivity index (χ2n) is 17.8. The van der Waals surface area contributed by atoms with Gasteiger partial charge in [-0.15, -0.1) is 34.1 Å². The van der Waals surface area contributed by atoms with E-state index in [9.17, 15) is 0 Å². The molecule has 0 aliphatic heterocycles. The zero-order valence-corrected chi connectivity index (χ0v) is 36.1. The fraction of sp³-hybridized carbons (Fsp3) is 0.362. The molecule has 0 atom stereocenters. The molecule has 0 saturated carbocycles. The zero-order valence-electron chi connectivity index (χ0n) is 32.1. The molecule has 50 heavy (non-hydrogen) atoms. The Morgan fingerprint density at radius 1 is 0.560 bits per heavy atom. The van der Waals surface area contributed by atoms with Crippen molar-refractivity contribution < 1.29 is 51.0 Å². The van der Waals surface area contributed by atoms with Gasteiger partial charge in [-0.1, -0.05) is 190 Å². The van der Waals surface area contributed by atoms with Crippen LogP contribution in [0.15, 0.2) is 91.0 Å². The van der Waals surface area contributed by atoms with Gasteiger partial charge in [-0.3, -0.25) is 0 Å². The molecule has 0 aromatic heterocycles. The summed E-state index contributed by atoms with van der Waals surface area (Å²) < 4.78 is 0. The van der Waals surface area contributed by atoms with Crippen molar-refractivity contribution in [2.24, 2.45) is 0 Å². The van der Waals surface area contributed by atoms with Gasteiger partial charge in [0.25, 0.3) is 0 Å². The first kappa shape index (κ1) is 42.0. The Morgan fingerprint density at radius 3 is 1.46 bits per heavy atom. The summed E-state index contributed by atoms with van der Waals surface area (Å²) in [6.45, 7) is 27.8. The molecule has 4 aromatic rings. The van der Waals surface area contributed by atoms with Crippen molar-refractivity contribution in [1.82, 2.24) is 0 Å². The predicted molar refractivity (Wildman–Crippen MR) is 205 cm³/mol. The van der Waals surface area contributed by atoms with Crippen molar-refractivity contribution in [3.63, 3.8) is 0 Å². The minimum Gasteiger partial charge on any atom is -1.00 e. The first-order chi connectivity index (χ1) is 21.8. The molecule has 2 aliphatic rings. The van der Waals surface area contributed by atoms with Gasteiger partial charge in [0.2, 0.25) is 0 Å². The van der Waals surface area contributed by atoms with Crippen molar-refractivity contribution >= 4 is 17.2 Å². The minimum atomic E-state index is -0.113. The Bertz CT molecular complexity index is 1990. The van der Waals surface area contributed by atoms with E-state index in [0.29, 0.717) is 0 Å². The van der Waals surface area contributed by atoms with Crippen molar-refractivity contribution in [3.8, 4) is 11.1 Å². The molecule has 0 heterocycles. The molecule has 0 nitrogen and oxygen atoms in total. The Hall–Kier alpha value is -2.44. The molecule has 0 bridgehead atoms. The SMILES string of the molecule is CC(C)(C)c1ccc(C(c2ccc(C(C)(C)C)cc2)=c2cc3c(c(C4=CC=CC4)c2C(C)(C)C)=[C-]c2cc(C(C)(C)C)ccc2-3)cc1.[Cl-].[Cl-].[Zr+3]. The van der Waals surface area contributed by atoms with Crippen molar-refractivity contribution in [2.75, 3.05) is 0 Å². The number of rotatable bonds is 3. The van der Waals surface area contributed by atoms with Crippen LogP contribution in [0.4, 0.5) is 0 Å². The summed E-state index contributed by atoms with van der Waals surface area (Å²) in [5, 5.41) is 2.57. The van der Waals surface area contributed by atoms with Crippen LogP contribution in [0.3, 0.4) is 0 Å². The first-order valence-electron chi connectivity index (χ1n) is 17.4. The number of halogens is 2. The van der Waals surface area contributed by atoms with Gasteiger partial charge in [-0.25, -0.2) is 0 Å². The Kier molecular flexibility index (Phi) is 12.5. The van der Waals surface area contributed by atoms with E-state index in [-0.39, 0.29) is 72.7 Å². The smallest absolute Gasteiger partial charge is 1.00 e. The molecular formula is C47H53Cl2Zr. The predicted octanol–water partition coefficient (Wildman–Crippen LogP) is 5.16. The van der Waals surface area contributed by atoms with Gasteiger partial charge in [0, 0.05) is 0 Å². The largest absolute Gasteiger partial charge is 3.00 e. The fourth-order valence-electron chi connectivity index (χ4n) is 7.19. The number of allylic oxidation sites excluding steroid dienone is 4. The van der Waals surface area contributed by atoms with Gasteiger partial charge in [-0.2, -0.15) is 0 Å². The fourth-order valence-corrected chi connectivity index (χ4v) is 7.19. The maximum Gasteiger partial charge on any atom is 3.00 e. The summed E-state index contributed by atoms with van der Waals surface area (Å²) >= 11 is 0. The average Bonchev–Trinajstić information content (AvgIpc) is 3.63. The molecule has 0 amide bonds. The second kappa shape index (κ2) is 14.9. The average molecular weight is 780 g/mol. The van der Waals surface area contributed by atoms with E-state index in [2.05, 4.69) is 180 Å². The molecule has 3 heteroatoms. The van der Waals surface area contributed by atoms with Crippen LogP contribution in [0.5, 0.6) is 0 Å². The van der Waals surface area contributed by atoms with Crippen LogP contribution in [0.2, 0.25) is 0 Å². The summed E-state index contributed by atoms with van der Waals surface area (Å²) in [5.41, 5.74) is 15.9. The van der Waals surface area contributed by atoms with Crippen molar-refractivity contribution in [2.45, 2.75) is 111 Å². The van der Waals surface area contributed by atoms with Crippen molar-refractivity contribution in [1.29, 1.82) is 0 Å². The molecule has 0 spiro atoms. The topological polar surface area (TPSA) is 0 Å². The molecule has 0 saturated heterocycles. The van der Waals surface area contributed by atoms with Crippen LogP contribution >= 0.6 is 0 Å². The maximum atomic E-state index is 3.96. The van der Waals surface area contributed by atoms with Gasteiger partial charge in [0.1, 0.15) is 0 Å². The van der Waals surface area contributed by atoms with Gasteiger partial charge in [0.05, 0.1) is 0 Å². The third-order valence-corrected chi connectivity index (χ3v) is 9.95. The second-order valence-corrected chi connectivity index (χ2v) is 17.8. The van der Waals surface area contributed by atoms with Crippen LogP contribution in [0.1, 0.15) is 134 Å². The number of benzene rings is 4. The van der Waals surface area contributed by atoms with E-state index < -0.39 is 0 Å².